The molecular formula is C30H43N3O5S. The maximum atomic E-state index is 13.7. The van der Waals surface area contributed by atoms with Gasteiger partial charge in [-0.05, 0) is 63.9 Å². The first kappa shape index (κ1) is 29.4. The number of aliphatic hydroxyl groups is 1. The zero-order chi connectivity index (χ0) is 28.2. The summed E-state index contributed by atoms with van der Waals surface area (Å²) in [5.74, 6) is 0.565. The summed E-state index contributed by atoms with van der Waals surface area (Å²) < 4.78 is 35.9. The predicted octanol–water partition coefficient (Wildman–Crippen LogP) is 4.53. The van der Waals surface area contributed by atoms with E-state index >= 15 is 0 Å². The third-order valence-electron chi connectivity index (χ3n) is 8.05. The Hall–Kier alpha value is -2.62. The molecule has 0 saturated heterocycles. The average Bonchev–Trinajstić information content (AvgIpc) is 2.91. The molecule has 1 amide bonds. The van der Waals surface area contributed by atoms with E-state index in [1.165, 1.54) is 32.1 Å². The van der Waals surface area contributed by atoms with Crippen LogP contribution in [0.1, 0.15) is 61.9 Å². The summed E-state index contributed by atoms with van der Waals surface area (Å²) in [6, 6.07) is 11.2. The number of aryl methyl sites for hydroxylation is 1. The van der Waals surface area contributed by atoms with Crippen LogP contribution in [0.2, 0.25) is 0 Å². The molecule has 2 aromatic carbocycles. The summed E-state index contributed by atoms with van der Waals surface area (Å²) in [7, 11) is -1.81. The van der Waals surface area contributed by atoms with Crippen LogP contribution in [-0.4, -0.2) is 74.7 Å². The standard InChI is InChI=1S/C30H43N3O5S/c1-21-13-15-25(16-14-21)39(36,37)31-27-12-8-11-26-29(27)38-28(19-32(4)18-24-9-6-5-7-10-24)22(2)17-33(30(26)35)23(3)20-34/h8,11-16,22-24,28,31,34H,5-7,9-10,17-20H2,1-4H3/t22-,23+,28+/m1/s1. The van der Waals surface area contributed by atoms with Gasteiger partial charge < -0.3 is 19.6 Å². The summed E-state index contributed by atoms with van der Waals surface area (Å²) in [6.45, 7) is 7.66. The number of para-hydroxylation sites is 1. The van der Waals surface area contributed by atoms with Gasteiger partial charge in [0.15, 0.2) is 5.75 Å². The van der Waals surface area contributed by atoms with Crippen LogP contribution in [0, 0.1) is 18.8 Å². The second-order valence-electron chi connectivity index (χ2n) is 11.4. The Morgan fingerprint density at radius 2 is 1.79 bits per heavy atom. The van der Waals surface area contributed by atoms with Crippen molar-refractivity contribution in [1.29, 1.82) is 0 Å². The van der Waals surface area contributed by atoms with Gasteiger partial charge in [0.2, 0.25) is 0 Å². The Morgan fingerprint density at radius 1 is 1.10 bits per heavy atom. The fraction of sp³-hybridized carbons (Fsp3) is 0.567. The largest absolute Gasteiger partial charge is 0.486 e. The van der Waals surface area contributed by atoms with Gasteiger partial charge in [-0.3, -0.25) is 9.52 Å². The molecule has 0 bridgehead atoms. The van der Waals surface area contributed by atoms with Gasteiger partial charge >= 0.3 is 0 Å². The van der Waals surface area contributed by atoms with E-state index in [2.05, 4.69) is 16.7 Å². The van der Waals surface area contributed by atoms with Gasteiger partial charge in [-0.25, -0.2) is 8.42 Å². The first-order valence-electron chi connectivity index (χ1n) is 14.1. The average molecular weight is 558 g/mol. The van der Waals surface area contributed by atoms with Crippen molar-refractivity contribution in [2.24, 2.45) is 11.8 Å². The number of benzene rings is 2. The Balaban J connectivity index is 1.68. The SMILES string of the molecule is Cc1ccc(S(=O)(=O)Nc2cccc3c2O[C@@H](CN(C)CC2CCCCC2)[C@H](C)CN([C@@H](C)CO)C3=O)cc1. The monoisotopic (exact) mass is 557 g/mol. The summed E-state index contributed by atoms with van der Waals surface area (Å²) in [5.41, 5.74) is 1.47. The van der Waals surface area contributed by atoms with Crippen LogP contribution in [0.3, 0.4) is 0 Å². The quantitative estimate of drug-likeness (QED) is 0.470. The second-order valence-corrected chi connectivity index (χ2v) is 13.1. The lowest BCUT2D eigenvalue weighted by atomic mass is 9.89. The van der Waals surface area contributed by atoms with E-state index in [9.17, 15) is 18.3 Å². The number of aliphatic hydroxyl groups excluding tert-OH is 1. The normalized spacial score (nSPS) is 21.6. The molecular weight excluding hydrogens is 514 g/mol. The van der Waals surface area contributed by atoms with Crippen LogP contribution in [0.15, 0.2) is 47.4 Å². The van der Waals surface area contributed by atoms with Gasteiger partial charge in [-0.15, -0.1) is 0 Å². The Morgan fingerprint density at radius 3 is 2.46 bits per heavy atom. The van der Waals surface area contributed by atoms with Crippen LogP contribution in [0.5, 0.6) is 5.75 Å². The van der Waals surface area contributed by atoms with Gasteiger partial charge in [0.1, 0.15) is 6.10 Å². The van der Waals surface area contributed by atoms with Crippen LogP contribution in [0.25, 0.3) is 0 Å². The smallest absolute Gasteiger partial charge is 0.262 e. The minimum Gasteiger partial charge on any atom is -0.486 e. The van der Waals surface area contributed by atoms with E-state index in [1.807, 2.05) is 20.8 Å². The zero-order valence-corrected chi connectivity index (χ0v) is 24.4. The molecule has 39 heavy (non-hydrogen) atoms. The first-order chi connectivity index (χ1) is 18.6. The third kappa shape index (κ3) is 7.13. The van der Waals surface area contributed by atoms with Crippen LogP contribution < -0.4 is 9.46 Å². The number of nitrogens with zero attached hydrogens (tertiary/aromatic N) is 2. The number of ether oxygens (including phenoxy) is 1. The molecule has 4 rings (SSSR count). The Kier molecular flexibility index (Phi) is 9.56. The van der Waals surface area contributed by atoms with E-state index < -0.39 is 10.0 Å². The van der Waals surface area contributed by atoms with Crippen molar-refractivity contribution < 1.29 is 23.1 Å². The maximum Gasteiger partial charge on any atom is 0.262 e. The molecule has 1 aliphatic heterocycles. The molecule has 1 fully saturated rings. The predicted molar refractivity (Wildman–Crippen MR) is 154 cm³/mol. The highest BCUT2D eigenvalue weighted by atomic mass is 32.2. The van der Waals surface area contributed by atoms with Gasteiger partial charge in [-0.2, -0.15) is 0 Å². The van der Waals surface area contributed by atoms with E-state index in [-0.39, 0.29) is 52.5 Å². The van der Waals surface area contributed by atoms with Crippen molar-refractivity contribution in [3.8, 4) is 5.75 Å². The summed E-state index contributed by atoms with van der Waals surface area (Å²) >= 11 is 0. The van der Waals surface area contributed by atoms with E-state index in [0.29, 0.717) is 19.0 Å². The van der Waals surface area contributed by atoms with Crippen LogP contribution in [0.4, 0.5) is 5.69 Å². The lowest BCUT2D eigenvalue weighted by Crippen LogP contribution is -2.50. The molecule has 0 radical (unpaired) electrons. The van der Waals surface area contributed by atoms with Gasteiger partial charge in [0.25, 0.3) is 15.9 Å². The Labute approximate surface area is 233 Å². The van der Waals surface area contributed by atoms with Gasteiger partial charge in [-0.1, -0.05) is 49.9 Å². The number of anilines is 1. The number of amides is 1. The number of likely N-dealkylation sites (N-methyl/N-ethyl adjacent to an activating group) is 1. The molecule has 1 aliphatic carbocycles. The van der Waals surface area contributed by atoms with E-state index in [4.69, 9.17) is 4.74 Å². The fourth-order valence-electron chi connectivity index (χ4n) is 5.65. The number of carbonyl (C=O) groups is 1. The molecule has 1 saturated carbocycles. The van der Waals surface area contributed by atoms with Crippen LogP contribution in [-0.2, 0) is 10.0 Å². The molecule has 1 heterocycles. The number of sulfonamides is 1. The van der Waals surface area contributed by atoms with Crippen molar-refractivity contribution in [3.05, 3.63) is 53.6 Å². The van der Waals surface area contributed by atoms with Crippen molar-refractivity contribution in [2.45, 2.75) is 69.9 Å². The molecule has 0 aromatic heterocycles. The summed E-state index contributed by atoms with van der Waals surface area (Å²) in [4.78, 5) is 17.8. The van der Waals surface area contributed by atoms with Gasteiger partial charge in [0, 0.05) is 25.6 Å². The lowest BCUT2D eigenvalue weighted by molar-refractivity contribution is 0.0333. The number of carbonyl (C=O) groups excluding carboxylic acids is 1. The third-order valence-corrected chi connectivity index (χ3v) is 9.43. The van der Waals surface area contributed by atoms with E-state index in [0.717, 1.165) is 12.1 Å². The molecule has 9 heteroatoms. The highest BCUT2D eigenvalue weighted by Crippen LogP contribution is 2.36. The van der Waals surface area contributed by atoms with Crippen molar-refractivity contribution >= 4 is 21.6 Å². The molecule has 2 aromatic rings. The topological polar surface area (TPSA) is 99.2 Å². The first-order valence-corrected chi connectivity index (χ1v) is 15.6. The minimum absolute atomic E-state index is 0.0494. The second kappa shape index (κ2) is 12.7. The maximum absolute atomic E-state index is 13.7. The molecule has 3 atom stereocenters. The molecule has 2 aliphatic rings. The highest BCUT2D eigenvalue weighted by molar-refractivity contribution is 7.92. The van der Waals surface area contributed by atoms with Crippen molar-refractivity contribution in [2.75, 3.05) is 38.0 Å². The molecule has 214 valence electrons. The summed E-state index contributed by atoms with van der Waals surface area (Å²) in [6.07, 6.45) is 6.08. The number of hydrogen-bond donors (Lipinski definition) is 2. The molecule has 8 nitrogen and oxygen atoms in total. The number of nitrogens with one attached hydrogen (secondary N) is 1. The zero-order valence-electron chi connectivity index (χ0n) is 23.6. The number of fused-ring (bicyclic) bond motifs is 1. The van der Waals surface area contributed by atoms with Crippen molar-refractivity contribution in [1.82, 2.24) is 9.80 Å². The fourth-order valence-corrected chi connectivity index (χ4v) is 6.72. The lowest BCUT2D eigenvalue weighted by Gasteiger charge is -2.39. The van der Waals surface area contributed by atoms with E-state index in [1.54, 1.807) is 47.4 Å². The van der Waals surface area contributed by atoms with Gasteiger partial charge in [0.05, 0.1) is 28.8 Å². The van der Waals surface area contributed by atoms with Crippen LogP contribution >= 0.6 is 0 Å². The molecule has 0 unspecified atom stereocenters. The Bertz CT molecular complexity index is 1230. The molecule has 0 spiro atoms. The number of hydrogen-bond acceptors (Lipinski definition) is 6. The molecule has 2 N–H and O–H groups in total. The van der Waals surface area contributed by atoms with Crippen molar-refractivity contribution in [3.63, 3.8) is 0 Å². The summed E-state index contributed by atoms with van der Waals surface area (Å²) in [5, 5.41) is 9.92. The minimum atomic E-state index is -3.92. The number of rotatable bonds is 9. The highest BCUT2D eigenvalue weighted by Gasteiger charge is 2.35.